The molecule has 0 unspecified atom stereocenters. The lowest BCUT2D eigenvalue weighted by atomic mass is 10.1. The molecule has 0 radical (unpaired) electrons. The van der Waals surface area contributed by atoms with E-state index in [0.717, 1.165) is 4.90 Å². The van der Waals surface area contributed by atoms with Crippen LogP contribution in [0.25, 0.3) is 0 Å². The smallest absolute Gasteiger partial charge is 0.251 e. The Morgan fingerprint density at radius 1 is 1.33 bits per heavy atom. The van der Waals surface area contributed by atoms with E-state index in [1.54, 1.807) is 48.4 Å². The Morgan fingerprint density at radius 3 is 2.96 bits per heavy atom. The number of carbonyl (C=O) groups is 2. The van der Waals surface area contributed by atoms with Gasteiger partial charge < -0.3 is 19.2 Å². The number of anilines is 1. The summed E-state index contributed by atoms with van der Waals surface area (Å²) in [5.41, 5.74) is 1.87. The Hall–Kier alpha value is -3.00. The second kappa shape index (κ2) is 7.32. The maximum Gasteiger partial charge on any atom is 0.251 e. The normalized spacial score (nSPS) is 13.5. The van der Waals surface area contributed by atoms with Gasteiger partial charge in [-0.15, -0.1) is 11.8 Å². The third-order valence-electron chi connectivity index (χ3n) is 4.16. The van der Waals surface area contributed by atoms with Crippen molar-refractivity contribution in [3.8, 4) is 0 Å². The van der Waals surface area contributed by atoms with Crippen molar-refractivity contribution in [3.63, 3.8) is 0 Å². The molecule has 1 aromatic carbocycles. The van der Waals surface area contributed by atoms with Gasteiger partial charge in [0.25, 0.3) is 5.91 Å². The Balaban J connectivity index is 1.56. The van der Waals surface area contributed by atoms with Crippen molar-refractivity contribution >= 4 is 29.3 Å². The first kappa shape index (κ1) is 17.4. The van der Waals surface area contributed by atoms with E-state index >= 15 is 0 Å². The lowest BCUT2D eigenvalue weighted by molar-refractivity contribution is -0.116. The Kier molecular flexibility index (Phi) is 4.72. The summed E-state index contributed by atoms with van der Waals surface area (Å²) in [5, 5.41) is 6.78. The number of amides is 2. The number of thioether (sulfide) groups is 1. The van der Waals surface area contributed by atoms with E-state index in [9.17, 15) is 9.59 Å². The van der Waals surface area contributed by atoms with Gasteiger partial charge in [0.2, 0.25) is 5.91 Å². The zero-order valence-corrected chi connectivity index (χ0v) is 15.4. The average molecular weight is 383 g/mol. The molecule has 27 heavy (non-hydrogen) atoms. The Morgan fingerprint density at radius 2 is 2.22 bits per heavy atom. The third kappa shape index (κ3) is 3.75. The highest BCUT2D eigenvalue weighted by molar-refractivity contribution is 8.00. The minimum atomic E-state index is -0.227. The molecular formula is C19H17N3O4S. The summed E-state index contributed by atoms with van der Waals surface area (Å²) in [4.78, 5) is 27.6. The molecule has 0 bridgehead atoms. The van der Waals surface area contributed by atoms with Crippen LogP contribution >= 0.6 is 11.8 Å². The molecule has 0 atom stereocenters. The average Bonchev–Trinajstić information content (AvgIpc) is 3.33. The Bertz CT molecular complexity index is 981. The van der Waals surface area contributed by atoms with Crippen LogP contribution in [0.4, 0.5) is 5.69 Å². The number of hydrogen-bond acceptors (Lipinski definition) is 6. The number of aryl methyl sites for hydroxylation is 1. The highest BCUT2D eigenvalue weighted by Gasteiger charge is 2.26. The van der Waals surface area contributed by atoms with Gasteiger partial charge in [0.05, 0.1) is 30.8 Å². The number of rotatable bonds is 5. The summed E-state index contributed by atoms with van der Waals surface area (Å²) in [7, 11) is 0. The molecule has 0 fully saturated rings. The van der Waals surface area contributed by atoms with E-state index in [1.165, 1.54) is 11.8 Å². The summed E-state index contributed by atoms with van der Waals surface area (Å²) in [6.45, 7) is 2.42. The van der Waals surface area contributed by atoms with Crippen molar-refractivity contribution in [3.05, 3.63) is 65.4 Å². The lowest BCUT2D eigenvalue weighted by Gasteiger charge is -2.28. The van der Waals surface area contributed by atoms with Crippen LogP contribution in [0.3, 0.4) is 0 Å². The molecule has 1 aliphatic heterocycles. The summed E-state index contributed by atoms with van der Waals surface area (Å²) < 4.78 is 10.3. The van der Waals surface area contributed by atoms with Crippen molar-refractivity contribution < 1.29 is 18.5 Å². The molecular weight excluding hydrogens is 366 g/mol. The quantitative estimate of drug-likeness (QED) is 0.728. The largest absolute Gasteiger partial charge is 0.467 e. The van der Waals surface area contributed by atoms with Gasteiger partial charge in [-0.3, -0.25) is 9.59 Å². The van der Waals surface area contributed by atoms with Crippen LogP contribution in [0.5, 0.6) is 0 Å². The molecule has 3 heterocycles. The van der Waals surface area contributed by atoms with Crippen LogP contribution in [0, 0.1) is 6.92 Å². The van der Waals surface area contributed by atoms with Crippen molar-refractivity contribution in [1.29, 1.82) is 0 Å². The molecule has 2 aromatic heterocycles. The number of nitrogens with zero attached hydrogens (tertiary/aromatic N) is 2. The first-order valence-corrected chi connectivity index (χ1v) is 9.39. The fourth-order valence-corrected chi connectivity index (χ4v) is 3.77. The molecule has 1 N–H and O–H groups in total. The monoisotopic (exact) mass is 383 g/mol. The summed E-state index contributed by atoms with van der Waals surface area (Å²) in [6, 6.07) is 10.7. The van der Waals surface area contributed by atoms with Gasteiger partial charge in [0.1, 0.15) is 17.2 Å². The minimum Gasteiger partial charge on any atom is -0.467 e. The van der Waals surface area contributed by atoms with Crippen molar-refractivity contribution in [1.82, 2.24) is 10.5 Å². The second-order valence-electron chi connectivity index (χ2n) is 6.14. The molecule has 1 aliphatic rings. The highest BCUT2D eigenvalue weighted by Crippen LogP contribution is 2.36. The van der Waals surface area contributed by atoms with Crippen LogP contribution in [-0.4, -0.2) is 22.7 Å². The van der Waals surface area contributed by atoms with Crippen molar-refractivity contribution in [2.75, 3.05) is 10.7 Å². The minimum absolute atomic E-state index is 0.0266. The van der Waals surface area contributed by atoms with Crippen LogP contribution in [0.1, 0.15) is 27.6 Å². The van der Waals surface area contributed by atoms with E-state index in [-0.39, 0.29) is 11.8 Å². The number of nitrogens with one attached hydrogen (secondary N) is 1. The molecule has 138 valence electrons. The van der Waals surface area contributed by atoms with Gasteiger partial charge in [0.15, 0.2) is 0 Å². The van der Waals surface area contributed by atoms with Crippen LogP contribution in [0.15, 0.2) is 56.5 Å². The number of fused-ring (bicyclic) bond motifs is 1. The number of furan rings is 1. The first-order chi connectivity index (χ1) is 13.1. The third-order valence-corrected chi connectivity index (χ3v) is 5.21. The van der Waals surface area contributed by atoms with E-state index in [2.05, 4.69) is 10.5 Å². The van der Waals surface area contributed by atoms with Crippen molar-refractivity contribution in [2.24, 2.45) is 0 Å². The molecule has 0 aliphatic carbocycles. The van der Waals surface area contributed by atoms with Crippen LogP contribution in [-0.2, 0) is 17.9 Å². The lowest BCUT2D eigenvalue weighted by Crippen LogP contribution is -2.35. The zero-order valence-electron chi connectivity index (χ0n) is 14.6. The van der Waals surface area contributed by atoms with E-state index in [4.69, 9.17) is 8.94 Å². The van der Waals surface area contributed by atoms with Crippen molar-refractivity contribution in [2.45, 2.75) is 24.9 Å². The van der Waals surface area contributed by atoms with Gasteiger partial charge in [-0.1, -0.05) is 5.16 Å². The molecule has 4 rings (SSSR count). The van der Waals surface area contributed by atoms with Gasteiger partial charge in [-0.05, 0) is 37.3 Å². The van der Waals surface area contributed by atoms with Crippen LogP contribution < -0.4 is 10.2 Å². The number of carbonyl (C=O) groups excluding carboxylic acids is 2. The molecule has 3 aromatic rings. The topological polar surface area (TPSA) is 88.6 Å². The summed E-state index contributed by atoms with van der Waals surface area (Å²) in [5.74, 6) is 1.47. The fourth-order valence-electron chi connectivity index (χ4n) is 2.85. The summed E-state index contributed by atoms with van der Waals surface area (Å²) >= 11 is 1.47. The Labute approximate surface area is 159 Å². The predicted molar refractivity (Wildman–Crippen MR) is 99.5 cm³/mol. The van der Waals surface area contributed by atoms with E-state index in [0.29, 0.717) is 47.3 Å². The second-order valence-corrected chi connectivity index (χ2v) is 7.16. The van der Waals surface area contributed by atoms with Gasteiger partial charge in [-0.2, -0.15) is 0 Å². The number of aromatic nitrogens is 1. The molecule has 0 spiro atoms. The predicted octanol–water partition coefficient (Wildman–Crippen LogP) is 3.14. The SMILES string of the molecule is Cc1cc(CN2C(=O)CSc3ccc(C(=O)NCc4ccco4)cc32)no1. The molecule has 7 nitrogen and oxygen atoms in total. The molecule has 8 heteroatoms. The zero-order chi connectivity index (χ0) is 18.8. The fraction of sp³-hybridized carbons (Fsp3) is 0.211. The van der Waals surface area contributed by atoms with Gasteiger partial charge in [0, 0.05) is 16.5 Å². The maximum atomic E-state index is 12.5. The first-order valence-electron chi connectivity index (χ1n) is 8.40. The molecule has 2 amide bonds. The standard InChI is InChI=1S/C19H17N3O4S/c1-12-7-14(21-26-12)10-22-16-8-13(4-5-17(16)27-11-18(22)23)19(24)20-9-15-3-2-6-25-15/h2-8H,9-11H2,1H3,(H,20,24). The highest BCUT2D eigenvalue weighted by atomic mass is 32.2. The summed E-state index contributed by atoms with van der Waals surface area (Å²) in [6.07, 6.45) is 1.56. The number of hydrogen-bond donors (Lipinski definition) is 1. The van der Waals surface area contributed by atoms with E-state index in [1.807, 2.05) is 6.07 Å². The number of benzene rings is 1. The van der Waals surface area contributed by atoms with Crippen LogP contribution in [0.2, 0.25) is 0 Å². The van der Waals surface area contributed by atoms with Gasteiger partial charge >= 0.3 is 0 Å². The maximum absolute atomic E-state index is 12.5. The molecule has 0 saturated heterocycles. The molecule has 0 saturated carbocycles. The van der Waals surface area contributed by atoms with E-state index < -0.39 is 0 Å². The van der Waals surface area contributed by atoms with Gasteiger partial charge in [-0.25, -0.2) is 0 Å².